The Labute approximate surface area is 128 Å². The standard InChI is InChI=1S/C15H14Cl3N/c1-9-4-3-5-10(2)11(9)8-19-15-7-13(17)12(16)6-14(15)18/h3-7,19H,8H2,1-2H3. The van der Waals surface area contributed by atoms with E-state index >= 15 is 0 Å². The highest BCUT2D eigenvalue weighted by Crippen LogP contribution is 2.32. The van der Waals surface area contributed by atoms with Gasteiger partial charge in [0, 0.05) is 6.54 Å². The molecule has 0 aliphatic carbocycles. The molecule has 2 rings (SSSR count). The summed E-state index contributed by atoms with van der Waals surface area (Å²) in [5.74, 6) is 0. The van der Waals surface area contributed by atoms with Gasteiger partial charge in [-0.05, 0) is 42.7 Å². The Morgan fingerprint density at radius 1 is 0.895 bits per heavy atom. The fourth-order valence-electron chi connectivity index (χ4n) is 1.97. The van der Waals surface area contributed by atoms with Crippen molar-refractivity contribution < 1.29 is 0 Å². The molecule has 1 N–H and O–H groups in total. The first kappa shape index (κ1) is 14.5. The van der Waals surface area contributed by atoms with Crippen LogP contribution in [0.15, 0.2) is 30.3 Å². The van der Waals surface area contributed by atoms with E-state index < -0.39 is 0 Å². The maximum atomic E-state index is 6.14. The van der Waals surface area contributed by atoms with Crippen LogP contribution in [0.1, 0.15) is 16.7 Å². The third-order valence-corrected chi connectivity index (χ3v) is 4.14. The Hall–Kier alpha value is -0.890. The maximum absolute atomic E-state index is 6.14. The molecule has 2 aromatic rings. The fraction of sp³-hybridized carbons (Fsp3) is 0.200. The molecule has 0 fully saturated rings. The maximum Gasteiger partial charge on any atom is 0.0653 e. The highest BCUT2D eigenvalue weighted by atomic mass is 35.5. The van der Waals surface area contributed by atoms with Crippen LogP contribution in [-0.2, 0) is 6.54 Å². The van der Waals surface area contributed by atoms with Crippen LogP contribution in [0.4, 0.5) is 5.69 Å². The summed E-state index contributed by atoms with van der Waals surface area (Å²) < 4.78 is 0. The van der Waals surface area contributed by atoms with Gasteiger partial charge < -0.3 is 5.32 Å². The van der Waals surface area contributed by atoms with Crippen LogP contribution in [0.5, 0.6) is 0 Å². The predicted octanol–water partition coefficient (Wildman–Crippen LogP) is 5.88. The molecule has 0 unspecified atom stereocenters. The zero-order valence-corrected chi connectivity index (χ0v) is 13.0. The van der Waals surface area contributed by atoms with Gasteiger partial charge >= 0.3 is 0 Å². The van der Waals surface area contributed by atoms with Crippen LogP contribution in [0.3, 0.4) is 0 Å². The Morgan fingerprint density at radius 3 is 2.11 bits per heavy atom. The van der Waals surface area contributed by atoms with Gasteiger partial charge in [0.05, 0.1) is 20.8 Å². The molecule has 0 heterocycles. The van der Waals surface area contributed by atoms with Gasteiger partial charge in [0.15, 0.2) is 0 Å². The van der Waals surface area contributed by atoms with E-state index in [0.29, 0.717) is 21.6 Å². The zero-order chi connectivity index (χ0) is 14.0. The van der Waals surface area contributed by atoms with E-state index in [9.17, 15) is 0 Å². The summed E-state index contributed by atoms with van der Waals surface area (Å²) in [5, 5.41) is 4.83. The van der Waals surface area contributed by atoms with E-state index in [1.165, 1.54) is 16.7 Å². The highest BCUT2D eigenvalue weighted by molar-refractivity contribution is 6.44. The topological polar surface area (TPSA) is 12.0 Å². The van der Waals surface area contributed by atoms with Gasteiger partial charge in [-0.3, -0.25) is 0 Å². The van der Waals surface area contributed by atoms with Crippen molar-refractivity contribution >= 4 is 40.5 Å². The van der Waals surface area contributed by atoms with Gasteiger partial charge in [-0.1, -0.05) is 53.0 Å². The first-order valence-corrected chi connectivity index (χ1v) is 7.06. The van der Waals surface area contributed by atoms with Crippen molar-refractivity contribution in [1.29, 1.82) is 0 Å². The molecule has 0 atom stereocenters. The lowest BCUT2D eigenvalue weighted by Gasteiger charge is -2.13. The minimum absolute atomic E-state index is 0.462. The smallest absolute Gasteiger partial charge is 0.0653 e. The number of hydrogen-bond acceptors (Lipinski definition) is 1. The predicted molar refractivity (Wildman–Crippen MR) is 84.7 cm³/mol. The van der Waals surface area contributed by atoms with Gasteiger partial charge in [0.2, 0.25) is 0 Å². The van der Waals surface area contributed by atoms with E-state index in [1.807, 2.05) is 0 Å². The Bertz CT molecular complexity index is 588. The van der Waals surface area contributed by atoms with E-state index in [2.05, 4.69) is 37.4 Å². The van der Waals surface area contributed by atoms with Crippen LogP contribution in [0, 0.1) is 13.8 Å². The average Bonchev–Trinajstić information content (AvgIpc) is 2.34. The molecule has 2 aromatic carbocycles. The van der Waals surface area contributed by atoms with Crippen LogP contribution in [0.25, 0.3) is 0 Å². The molecule has 0 aliphatic heterocycles. The van der Waals surface area contributed by atoms with Crippen molar-refractivity contribution in [3.63, 3.8) is 0 Å². The van der Waals surface area contributed by atoms with Crippen molar-refractivity contribution in [1.82, 2.24) is 0 Å². The largest absolute Gasteiger partial charge is 0.380 e. The van der Waals surface area contributed by atoms with Crippen LogP contribution < -0.4 is 5.32 Å². The summed E-state index contributed by atoms with van der Waals surface area (Å²) in [5.41, 5.74) is 4.57. The van der Waals surface area contributed by atoms with E-state index in [-0.39, 0.29) is 0 Å². The summed E-state index contributed by atoms with van der Waals surface area (Å²) in [4.78, 5) is 0. The number of hydrogen-bond donors (Lipinski definition) is 1. The van der Waals surface area contributed by atoms with Crippen molar-refractivity contribution in [2.24, 2.45) is 0 Å². The molecule has 0 saturated carbocycles. The lowest BCUT2D eigenvalue weighted by molar-refractivity contribution is 1.09. The summed E-state index contributed by atoms with van der Waals surface area (Å²) in [6.07, 6.45) is 0. The first-order valence-electron chi connectivity index (χ1n) is 5.92. The molecule has 19 heavy (non-hydrogen) atoms. The molecule has 0 bridgehead atoms. The second kappa shape index (κ2) is 6.04. The molecular formula is C15H14Cl3N. The fourth-order valence-corrected chi connectivity index (χ4v) is 2.58. The number of aryl methyl sites for hydroxylation is 2. The number of anilines is 1. The Balaban J connectivity index is 2.22. The summed E-state index contributed by atoms with van der Waals surface area (Å²) in [6.45, 7) is 4.90. The minimum atomic E-state index is 0.462. The minimum Gasteiger partial charge on any atom is -0.380 e. The number of nitrogens with one attached hydrogen (secondary N) is 1. The molecule has 100 valence electrons. The quantitative estimate of drug-likeness (QED) is 0.698. The molecule has 0 aliphatic rings. The van der Waals surface area contributed by atoms with Crippen LogP contribution in [0.2, 0.25) is 15.1 Å². The van der Waals surface area contributed by atoms with Crippen LogP contribution in [-0.4, -0.2) is 0 Å². The molecule has 0 saturated heterocycles. The summed E-state index contributed by atoms with van der Waals surface area (Å²) in [6, 6.07) is 9.65. The van der Waals surface area contributed by atoms with Crippen molar-refractivity contribution in [3.05, 3.63) is 62.1 Å². The number of rotatable bonds is 3. The molecule has 0 amide bonds. The monoisotopic (exact) mass is 313 g/mol. The average molecular weight is 315 g/mol. The first-order chi connectivity index (χ1) is 8.99. The third-order valence-electron chi connectivity index (χ3n) is 3.11. The lowest BCUT2D eigenvalue weighted by Crippen LogP contribution is -2.04. The molecule has 0 aromatic heterocycles. The summed E-state index contributed by atoms with van der Waals surface area (Å²) in [7, 11) is 0. The normalized spacial score (nSPS) is 10.6. The van der Waals surface area contributed by atoms with E-state index in [1.54, 1.807) is 12.1 Å². The summed E-state index contributed by atoms with van der Waals surface area (Å²) >= 11 is 18.1. The zero-order valence-electron chi connectivity index (χ0n) is 10.7. The van der Waals surface area contributed by atoms with Gasteiger partial charge in [-0.25, -0.2) is 0 Å². The van der Waals surface area contributed by atoms with Gasteiger partial charge in [0.1, 0.15) is 0 Å². The molecule has 0 radical (unpaired) electrons. The molecular weight excluding hydrogens is 301 g/mol. The molecule has 1 nitrogen and oxygen atoms in total. The highest BCUT2D eigenvalue weighted by Gasteiger charge is 2.07. The number of halogens is 3. The van der Waals surface area contributed by atoms with Crippen LogP contribution >= 0.6 is 34.8 Å². The van der Waals surface area contributed by atoms with E-state index in [0.717, 1.165) is 5.69 Å². The van der Waals surface area contributed by atoms with Gasteiger partial charge in [0.25, 0.3) is 0 Å². The Morgan fingerprint density at radius 2 is 1.47 bits per heavy atom. The lowest BCUT2D eigenvalue weighted by atomic mass is 10.0. The van der Waals surface area contributed by atoms with Crippen molar-refractivity contribution in [3.8, 4) is 0 Å². The number of benzene rings is 2. The van der Waals surface area contributed by atoms with Crippen molar-refractivity contribution in [2.75, 3.05) is 5.32 Å². The SMILES string of the molecule is Cc1cccc(C)c1CNc1cc(Cl)c(Cl)cc1Cl. The van der Waals surface area contributed by atoms with Gasteiger partial charge in [-0.2, -0.15) is 0 Å². The Kier molecular flexibility index (Phi) is 4.62. The van der Waals surface area contributed by atoms with E-state index in [4.69, 9.17) is 34.8 Å². The molecule has 0 spiro atoms. The second-order valence-corrected chi connectivity index (χ2v) is 5.69. The van der Waals surface area contributed by atoms with Crippen molar-refractivity contribution in [2.45, 2.75) is 20.4 Å². The molecule has 4 heteroatoms. The third kappa shape index (κ3) is 3.36. The van der Waals surface area contributed by atoms with Gasteiger partial charge in [-0.15, -0.1) is 0 Å². The second-order valence-electron chi connectivity index (χ2n) is 4.47.